The Morgan fingerprint density at radius 1 is 0.571 bits per heavy atom. The van der Waals surface area contributed by atoms with Crippen molar-refractivity contribution in [2.75, 3.05) is 0 Å². The van der Waals surface area contributed by atoms with Crippen LogP contribution in [0.5, 0.6) is 0 Å². The average Bonchev–Trinajstić information content (AvgIpc) is 3.29. The van der Waals surface area contributed by atoms with Gasteiger partial charge in [0.15, 0.2) is 20.5 Å². The summed E-state index contributed by atoms with van der Waals surface area (Å²) in [6.07, 6.45) is 0. The van der Waals surface area contributed by atoms with Gasteiger partial charge >= 0.3 is 0 Å². The van der Waals surface area contributed by atoms with E-state index in [0.29, 0.717) is 11.1 Å². The smallest absolute Gasteiger partial charge is 0.193 e. The maximum atomic E-state index is 12.9. The molecule has 0 radical (unpaired) electrons. The molecule has 0 amide bonds. The molecule has 0 saturated carbocycles. The topological polar surface area (TPSA) is 30.2 Å². The van der Waals surface area contributed by atoms with Crippen LogP contribution in [0.2, 0.25) is 0 Å². The van der Waals surface area contributed by atoms with Gasteiger partial charge in [0.05, 0.1) is 10.9 Å². The molecule has 3 heteroatoms. The van der Waals surface area contributed by atoms with Crippen molar-refractivity contribution in [1.82, 2.24) is 0 Å². The van der Waals surface area contributed by atoms with Crippen LogP contribution in [0.25, 0.3) is 21.9 Å². The Hall–Kier alpha value is -4.08. The maximum absolute atomic E-state index is 12.9. The van der Waals surface area contributed by atoms with Crippen LogP contribution in [0.15, 0.2) is 140 Å². The van der Waals surface area contributed by atoms with Crippen molar-refractivity contribution >= 4 is 38.6 Å². The van der Waals surface area contributed by atoms with Crippen molar-refractivity contribution in [1.29, 1.82) is 0 Å². The van der Waals surface area contributed by atoms with Gasteiger partial charge < -0.3 is 4.42 Å². The molecule has 168 valence electrons. The Morgan fingerprint density at radius 3 is 1.89 bits per heavy atom. The van der Waals surface area contributed by atoms with Gasteiger partial charge in [-0.2, -0.15) is 0 Å². The predicted molar refractivity (Wildman–Crippen MR) is 143 cm³/mol. The number of carbonyl (C=O) groups excluding carboxylic acids is 1. The van der Waals surface area contributed by atoms with E-state index < -0.39 is 0 Å². The summed E-state index contributed by atoms with van der Waals surface area (Å²) in [4.78, 5) is 16.6. The third kappa shape index (κ3) is 4.05. The second kappa shape index (κ2) is 8.94. The minimum atomic E-state index is -0.325. The Morgan fingerprint density at radius 2 is 1.14 bits per heavy atom. The number of rotatable bonds is 5. The van der Waals surface area contributed by atoms with Crippen molar-refractivity contribution < 1.29 is 9.21 Å². The standard InChI is InChI=1S/C32H23O2S/c1-22-11-15-25(16-12-22)35(26-17-13-24(14-18-26)32(33)23-7-3-2-4-8-23)27-19-20-31-29(21-27)28-9-5-6-10-30(28)34-31/h2-21H,1H3/q+1. The molecule has 1 atom stereocenters. The minimum absolute atomic E-state index is 0.0404. The maximum Gasteiger partial charge on any atom is 0.193 e. The second-order valence-corrected chi connectivity index (χ2v) is 10.6. The number of aryl methyl sites for hydroxylation is 1. The van der Waals surface area contributed by atoms with Gasteiger partial charge in [0.1, 0.15) is 11.2 Å². The number of benzene rings is 5. The first kappa shape index (κ1) is 21.5. The molecule has 0 aliphatic heterocycles. The number of carbonyl (C=O) groups is 1. The lowest BCUT2D eigenvalue weighted by Gasteiger charge is -2.09. The lowest BCUT2D eigenvalue weighted by atomic mass is 10.0. The summed E-state index contributed by atoms with van der Waals surface area (Å²) in [6.45, 7) is 2.11. The molecule has 0 spiro atoms. The number of furan rings is 1. The molecule has 35 heavy (non-hydrogen) atoms. The Kier molecular flexibility index (Phi) is 5.48. The lowest BCUT2D eigenvalue weighted by molar-refractivity contribution is 0.103. The molecular weight excluding hydrogens is 448 g/mol. The van der Waals surface area contributed by atoms with Gasteiger partial charge in [0, 0.05) is 28.0 Å². The van der Waals surface area contributed by atoms with Crippen LogP contribution in [-0.4, -0.2) is 5.78 Å². The van der Waals surface area contributed by atoms with Gasteiger partial charge in [-0.3, -0.25) is 4.79 Å². The first-order valence-electron chi connectivity index (χ1n) is 11.6. The van der Waals surface area contributed by atoms with E-state index in [1.54, 1.807) is 0 Å². The number of hydrogen-bond donors (Lipinski definition) is 0. The summed E-state index contributed by atoms with van der Waals surface area (Å²) < 4.78 is 6.06. The van der Waals surface area contributed by atoms with E-state index in [-0.39, 0.29) is 16.7 Å². The van der Waals surface area contributed by atoms with Crippen LogP contribution in [0.1, 0.15) is 21.5 Å². The molecule has 0 saturated heterocycles. The summed E-state index contributed by atoms with van der Waals surface area (Å²) in [6, 6.07) is 40.9. The fraction of sp³-hybridized carbons (Fsp3) is 0.0312. The zero-order chi connectivity index (χ0) is 23.8. The highest BCUT2D eigenvalue weighted by molar-refractivity contribution is 7.97. The first-order valence-corrected chi connectivity index (χ1v) is 12.8. The van der Waals surface area contributed by atoms with Gasteiger partial charge in [0.2, 0.25) is 0 Å². The average molecular weight is 472 g/mol. The first-order chi connectivity index (χ1) is 17.2. The molecule has 0 aliphatic rings. The number of para-hydroxylation sites is 1. The molecule has 0 fully saturated rings. The number of ketones is 1. The molecule has 0 aliphatic carbocycles. The van der Waals surface area contributed by atoms with Crippen LogP contribution in [0.4, 0.5) is 0 Å². The molecule has 6 aromatic rings. The fourth-order valence-corrected chi connectivity index (χ4v) is 6.49. The summed E-state index contributed by atoms with van der Waals surface area (Å²) in [7, 11) is -0.325. The van der Waals surface area contributed by atoms with Crippen molar-refractivity contribution in [3.05, 3.63) is 138 Å². The van der Waals surface area contributed by atoms with Crippen molar-refractivity contribution in [2.24, 2.45) is 0 Å². The number of hydrogen-bond acceptors (Lipinski definition) is 2. The number of fused-ring (bicyclic) bond motifs is 3. The van der Waals surface area contributed by atoms with E-state index in [0.717, 1.165) is 21.9 Å². The molecular formula is C32H23O2S+. The van der Waals surface area contributed by atoms with Crippen LogP contribution in [-0.2, 0) is 10.9 Å². The van der Waals surface area contributed by atoms with E-state index in [9.17, 15) is 4.79 Å². The highest BCUT2D eigenvalue weighted by atomic mass is 32.2. The zero-order valence-corrected chi connectivity index (χ0v) is 20.1. The van der Waals surface area contributed by atoms with Gasteiger partial charge in [-0.05, 0) is 61.5 Å². The summed E-state index contributed by atoms with van der Waals surface area (Å²) in [5.74, 6) is 0.0404. The minimum Gasteiger partial charge on any atom is -0.456 e. The third-order valence-corrected chi connectivity index (χ3v) is 8.44. The molecule has 5 aromatic carbocycles. The van der Waals surface area contributed by atoms with Crippen LogP contribution in [0, 0.1) is 6.92 Å². The third-order valence-electron chi connectivity index (χ3n) is 6.23. The van der Waals surface area contributed by atoms with Gasteiger partial charge in [-0.15, -0.1) is 0 Å². The van der Waals surface area contributed by atoms with Crippen LogP contribution >= 0.6 is 0 Å². The second-order valence-electron chi connectivity index (χ2n) is 8.59. The fourth-order valence-electron chi connectivity index (χ4n) is 4.41. The zero-order valence-electron chi connectivity index (χ0n) is 19.3. The van der Waals surface area contributed by atoms with E-state index in [1.165, 1.54) is 20.2 Å². The summed E-state index contributed by atoms with van der Waals surface area (Å²) >= 11 is 0. The highest BCUT2D eigenvalue weighted by Crippen LogP contribution is 2.36. The molecule has 0 bridgehead atoms. The lowest BCUT2D eigenvalue weighted by Crippen LogP contribution is -2.06. The molecule has 0 N–H and O–H groups in total. The Labute approximate surface area is 207 Å². The van der Waals surface area contributed by atoms with Crippen LogP contribution < -0.4 is 0 Å². The van der Waals surface area contributed by atoms with Gasteiger partial charge in [-0.25, -0.2) is 0 Å². The van der Waals surface area contributed by atoms with Crippen LogP contribution in [0.3, 0.4) is 0 Å². The van der Waals surface area contributed by atoms with Crippen molar-refractivity contribution in [3.63, 3.8) is 0 Å². The quantitative estimate of drug-likeness (QED) is 0.187. The molecule has 1 heterocycles. The normalized spacial score (nSPS) is 12.1. The Bertz CT molecular complexity index is 1650. The molecule has 6 rings (SSSR count). The SMILES string of the molecule is Cc1ccc([S+](c2ccc(C(=O)c3ccccc3)cc2)c2ccc3oc4ccccc4c3c2)cc1. The van der Waals surface area contributed by atoms with E-state index >= 15 is 0 Å². The molecule has 2 nitrogen and oxygen atoms in total. The van der Waals surface area contributed by atoms with Gasteiger partial charge in [0.25, 0.3) is 0 Å². The van der Waals surface area contributed by atoms with E-state index in [1.807, 2.05) is 60.7 Å². The highest BCUT2D eigenvalue weighted by Gasteiger charge is 2.30. The van der Waals surface area contributed by atoms with E-state index in [4.69, 9.17) is 4.42 Å². The predicted octanol–water partition coefficient (Wildman–Crippen LogP) is 8.22. The molecule has 1 aromatic heterocycles. The van der Waals surface area contributed by atoms with Gasteiger partial charge in [-0.1, -0.05) is 66.2 Å². The largest absolute Gasteiger partial charge is 0.456 e. The summed E-state index contributed by atoms with van der Waals surface area (Å²) in [5.41, 5.74) is 4.43. The van der Waals surface area contributed by atoms with E-state index in [2.05, 4.69) is 67.6 Å². The summed E-state index contributed by atoms with van der Waals surface area (Å²) in [5, 5.41) is 2.25. The monoisotopic (exact) mass is 471 g/mol. The Balaban J connectivity index is 1.46. The molecule has 1 unspecified atom stereocenters. The van der Waals surface area contributed by atoms with Crippen molar-refractivity contribution in [3.8, 4) is 0 Å². The van der Waals surface area contributed by atoms with Crippen molar-refractivity contribution in [2.45, 2.75) is 21.6 Å².